The molecule has 8 atom stereocenters. The van der Waals surface area contributed by atoms with Gasteiger partial charge in [-0.1, -0.05) is 35.3 Å². The summed E-state index contributed by atoms with van der Waals surface area (Å²) in [5.74, 6) is -13.1. The Labute approximate surface area is 552 Å². The predicted molar refractivity (Wildman–Crippen MR) is 308 cm³/mol. The summed E-state index contributed by atoms with van der Waals surface area (Å²) >= 11 is 12.3. The molecule has 4 aliphatic rings. The van der Waals surface area contributed by atoms with Crippen LogP contribution in [0, 0.1) is 52.6 Å². The van der Waals surface area contributed by atoms with Crippen LogP contribution in [-0.2, 0) is 52.3 Å². The van der Waals surface area contributed by atoms with E-state index in [-0.39, 0.29) is 67.4 Å². The van der Waals surface area contributed by atoms with Crippen LogP contribution in [0.5, 0.6) is 23.0 Å². The van der Waals surface area contributed by atoms with Crippen LogP contribution in [0.2, 0.25) is 10.3 Å². The molecule has 0 aliphatic carbocycles. The predicted octanol–water partition coefficient (Wildman–Crippen LogP) is 7.54. The van der Waals surface area contributed by atoms with Crippen LogP contribution < -0.4 is 33.1 Å². The molecule has 4 fully saturated rings. The van der Waals surface area contributed by atoms with Crippen molar-refractivity contribution in [3.63, 3.8) is 0 Å². The number of aromatic hydroxyl groups is 1. The van der Waals surface area contributed by atoms with Crippen molar-refractivity contribution in [1.82, 2.24) is 34.1 Å². The number of phenolic OH excluding ortho intramolecular Hbond substituents is 1. The number of halogens is 10. The van der Waals surface area contributed by atoms with Crippen LogP contribution in [0.4, 0.5) is 35.1 Å². The Morgan fingerprint density at radius 3 is 1.61 bits per heavy atom. The van der Waals surface area contributed by atoms with Crippen LogP contribution in [0.25, 0.3) is 22.1 Å². The summed E-state index contributed by atoms with van der Waals surface area (Å²) in [6.45, 7) is 6.41. The van der Waals surface area contributed by atoms with Crippen molar-refractivity contribution in [3.05, 3.63) is 166 Å². The zero-order valence-corrected chi connectivity index (χ0v) is 53.0. The van der Waals surface area contributed by atoms with E-state index < -0.39 is 124 Å². The minimum atomic E-state index is -1.30. The average Bonchev–Trinajstić information content (AvgIpc) is 1.59. The van der Waals surface area contributed by atoms with Crippen LogP contribution >= 0.6 is 23.2 Å². The van der Waals surface area contributed by atoms with E-state index in [1.807, 2.05) is 0 Å². The van der Waals surface area contributed by atoms with Crippen LogP contribution in [0.3, 0.4) is 0 Å². The van der Waals surface area contributed by atoms with Crippen molar-refractivity contribution < 1.29 is 130 Å². The Morgan fingerprint density at radius 1 is 0.596 bits per heavy atom. The molecule has 4 aromatic carbocycles. The normalized spacial score (nSPS) is 21.0. The first-order chi connectivity index (χ1) is 44.3. The maximum atomic E-state index is 14.5. The molecule has 12 rings (SSSR count). The van der Waals surface area contributed by atoms with Crippen LogP contribution in [-0.4, -0.2) is 155 Å². The number of hydroxylamine groups is 2. The van der Waals surface area contributed by atoms with Gasteiger partial charge in [0.15, 0.2) is 103 Å². The number of amides is 1. The second kappa shape index (κ2) is 32.4. The van der Waals surface area contributed by atoms with Gasteiger partial charge in [0.05, 0.1) is 35.1 Å². The number of methoxy groups -OCH3 is 3. The first-order valence-corrected chi connectivity index (χ1v) is 28.1. The van der Waals surface area contributed by atoms with Crippen molar-refractivity contribution in [3.8, 4) is 23.0 Å². The smallest absolute Gasteiger partial charge is 0.505 e. The number of likely N-dealkylation sites (N-methyl/N-ethyl adjacent to an activating group) is 1. The van der Waals surface area contributed by atoms with Crippen molar-refractivity contribution in [2.75, 3.05) is 55.9 Å². The van der Waals surface area contributed by atoms with Gasteiger partial charge in [-0.05, 0) is 76.2 Å². The maximum absolute atomic E-state index is 14.5. The summed E-state index contributed by atoms with van der Waals surface area (Å²) in [5.41, 5.74) is 0.855. The van der Waals surface area contributed by atoms with Gasteiger partial charge in [-0.2, -0.15) is 19.2 Å². The van der Waals surface area contributed by atoms with Crippen molar-refractivity contribution in [2.45, 2.75) is 88.3 Å². The van der Waals surface area contributed by atoms with Gasteiger partial charge in [0.25, 0.3) is 5.91 Å². The third-order valence-electron chi connectivity index (χ3n) is 13.6. The standard InChI is InChI=1S/C22H20ClF2N3O6.C16H19ClN4O5.C8H8F2O2.C8H7F2O2.C6H4F2O.Li/c1-22(2)33-17-16(14(29)10-4-5-12(24)13(25)15(10)31-9-30-3)32-21(18(17)34-22)28-7-6-11-19(23)26-8-27-20(11)28;1-16(2)25-9-10(14(22)20(3)23-4)24-15(11(9)26-16)21-6-5-8-12(17)18-7-19-13(8)21;2*1-11-5-12-7-4-2-3-6(9)8(7)10;7-4-2-1-3-5(9)6(4)8;/h4-8,16-18,21H,9H2,1-3H3;5-7,9-11,15H,1-4H3;2-4H,5H2,1H3;2-3H,5H2,1H3;1-3,9H;/q;;;-1;;+1/t16-,17-,18-,21-;9-,10+,11-,15-;;;;/m11..../s1. The van der Waals surface area contributed by atoms with E-state index >= 15 is 0 Å². The van der Waals surface area contributed by atoms with E-state index in [9.17, 15) is 44.7 Å². The Balaban J connectivity index is 0.000000182. The molecular formula is C60H58Cl2F8LiN7O16. The molecule has 4 aromatic heterocycles. The summed E-state index contributed by atoms with van der Waals surface area (Å²) in [6, 6.07) is 17.1. The number of nitrogens with zero attached hydrogens (tertiary/aromatic N) is 7. The van der Waals surface area contributed by atoms with E-state index in [2.05, 4.69) is 40.2 Å². The van der Waals surface area contributed by atoms with E-state index in [1.165, 1.54) is 72.4 Å². The van der Waals surface area contributed by atoms with Gasteiger partial charge in [-0.3, -0.25) is 18.8 Å². The monoisotopic (exact) mass is 1360 g/mol. The number of carbonyl (C=O) groups excluding carboxylic acids is 2. The van der Waals surface area contributed by atoms with E-state index in [4.69, 9.17) is 75.8 Å². The summed E-state index contributed by atoms with van der Waals surface area (Å²) < 4.78 is 171. The largest absolute Gasteiger partial charge is 1.00 e. The van der Waals surface area contributed by atoms with Crippen LogP contribution in [0.15, 0.2) is 97.8 Å². The number of rotatable bonds is 15. The molecule has 0 saturated carbocycles. The molecule has 34 heteroatoms. The van der Waals surface area contributed by atoms with E-state index in [1.54, 1.807) is 61.4 Å². The van der Waals surface area contributed by atoms with Gasteiger partial charge >= 0.3 is 18.9 Å². The number of carbonyl (C=O) groups is 2. The van der Waals surface area contributed by atoms with E-state index in [0.29, 0.717) is 27.2 Å². The first-order valence-electron chi connectivity index (χ1n) is 27.3. The summed E-state index contributed by atoms with van der Waals surface area (Å²) in [6.07, 6.45) is 0.0527. The Bertz CT molecular complexity index is 3850. The Morgan fingerprint density at radius 2 is 1.07 bits per heavy atom. The number of Topliss-reactive ketones (excluding diaryl/α,β-unsaturated/α-hetero) is 1. The average molecular weight is 1360 g/mol. The molecule has 1 amide bonds. The minimum Gasteiger partial charge on any atom is -0.505 e. The SMILES string of the molecule is COCOc1[c-]ccc(F)c1F.COCOc1c(C(=O)[C@H]2O[C@@H](n3ccc4c(Cl)ncnc43)[C@@H]3OC(C)(C)O[C@@H]32)ccc(F)c1F.COCOc1cccc(F)c1F.CON(C)C(=O)[C@H]1O[C@@H](n2ccc3c(Cl)ncnc32)[C@@H]2OC(C)(C)O[C@@H]21.Oc1cccc(F)c1F.[Li+]. The molecule has 4 aliphatic heterocycles. The molecule has 8 heterocycles. The van der Waals surface area contributed by atoms with Gasteiger partial charge in [0.1, 0.15) is 58.7 Å². The zero-order chi connectivity index (χ0) is 67.6. The third-order valence-corrected chi connectivity index (χ3v) is 14.2. The number of fused-ring (bicyclic) bond motifs is 4. The van der Waals surface area contributed by atoms with Gasteiger partial charge < -0.3 is 71.1 Å². The molecule has 4 saturated heterocycles. The molecule has 94 heavy (non-hydrogen) atoms. The fraction of sp³-hybridized carbons (Fsp3) is 0.367. The topological polar surface area (TPSA) is 239 Å². The van der Waals surface area contributed by atoms with Gasteiger partial charge in [0.2, 0.25) is 11.6 Å². The Kier molecular flexibility index (Phi) is 25.5. The number of benzene rings is 4. The van der Waals surface area contributed by atoms with Gasteiger partial charge in [-0.15, -0.1) is 12.1 Å². The molecule has 8 aromatic rings. The second-order valence-corrected chi connectivity index (χ2v) is 21.4. The fourth-order valence-corrected chi connectivity index (χ4v) is 9.96. The minimum absolute atomic E-state index is 0. The number of ketones is 1. The van der Waals surface area contributed by atoms with E-state index in [0.717, 1.165) is 41.5 Å². The quantitative estimate of drug-likeness (QED) is 0.0198. The van der Waals surface area contributed by atoms with Crippen molar-refractivity contribution in [1.29, 1.82) is 0 Å². The number of phenols is 1. The molecule has 500 valence electrons. The molecular weight excluding hydrogens is 1300 g/mol. The molecule has 0 spiro atoms. The summed E-state index contributed by atoms with van der Waals surface area (Å²) in [5, 5.41) is 11.5. The van der Waals surface area contributed by atoms with Gasteiger partial charge in [0, 0.05) is 46.5 Å². The zero-order valence-electron chi connectivity index (χ0n) is 51.5. The number of ether oxygens (including phenoxy) is 12. The number of aromatic nitrogens is 6. The molecule has 23 nitrogen and oxygen atoms in total. The summed E-state index contributed by atoms with van der Waals surface area (Å²) in [7, 11) is 7.04. The summed E-state index contributed by atoms with van der Waals surface area (Å²) in [4.78, 5) is 47.7. The molecule has 0 radical (unpaired) electrons. The number of hydrogen-bond donors (Lipinski definition) is 1. The Hall–Kier alpha value is -7.32. The van der Waals surface area contributed by atoms with Crippen molar-refractivity contribution >= 4 is 57.0 Å². The molecule has 0 bridgehead atoms. The molecule has 1 N–H and O–H groups in total. The van der Waals surface area contributed by atoms with Crippen LogP contribution in [0.1, 0.15) is 50.5 Å². The molecule has 0 unspecified atom stereocenters. The fourth-order valence-electron chi connectivity index (χ4n) is 9.58. The maximum Gasteiger partial charge on any atom is 1.00 e. The first kappa shape index (κ1) is 74.1. The number of hydrogen-bond acceptors (Lipinski definition) is 20. The van der Waals surface area contributed by atoms with Gasteiger partial charge in [-0.25, -0.2) is 42.6 Å². The van der Waals surface area contributed by atoms with Crippen molar-refractivity contribution in [2.24, 2.45) is 0 Å². The second-order valence-electron chi connectivity index (χ2n) is 20.6. The third kappa shape index (κ3) is 16.8.